The number of thiophene rings is 1. The molecule has 0 saturated heterocycles. The van der Waals surface area contributed by atoms with Gasteiger partial charge in [0.05, 0.1) is 6.54 Å². The largest absolute Gasteiger partial charge is 0.460 e. The van der Waals surface area contributed by atoms with Gasteiger partial charge in [-0.1, -0.05) is 0 Å². The lowest BCUT2D eigenvalue weighted by atomic mass is 10.2. The molecule has 3 rings (SSSR count). The fourth-order valence-corrected chi connectivity index (χ4v) is 2.43. The lowest BCUT2D eigenvalue weighted by Crippen LogP contribution is -2.14. The lowest BCUT2D eigenvalue weighted by Gasteiger charge is -1.98. The summed E-state index contributed by atoms with van der Waals surface area (Å²) >= 11 is 1.76. The molecule has 1 saturated carbocycles. The number of hydrogen-bond acceptors (Lipinski definition) is 3. The van der Waals surface area contributed by atoms with E-state index in [1.807, 2.05) is 0 Å². The fourth-order valence-electron chi connectivity index (χ4n) is 1.73. The van der Waals surface area contributed by atoms with Crippen molar-refractivity contribution in [3.63, 3.8) is 0 Å². The first-order valence-electron chi connectivity index (χ1n) is 5.69. The smallest absolute Gasteiger partial charge is 0.135 e. The molecule has 0 aromatic carbocycles. The second kappa shape index (κ2) is 4.07. The molecule has 3 heteroatoms. The standard InChI is InChI=1S/C13H15NOS/c1-9-6-10(8-16-9)13-5-4-12(15-13)7-14-11-2-3-11/h4-6,8,11,14H,2-3,7H2,1H3. The highest BCUT2D eigenvalue weighted by molar-refractivity contribution is 7.10. The second-order valence-corrected chi connectivity index (χ2v) is 5.48. The van der Waals surface area contributed by atoms with Gasteiger partial charge in [-0.3, -0.25) is 0 Å². The summed E-state index contributed by atoms with van der Waals surface area (Å²) in [6.07, 6.45) is 2.63. The third-order valence-corrected chi connectivity index (χ3v) is 3.68. The van der Waals surface area contributed by atoms with E-state index >= 15 is 0 Å². The molecule has 1 aliphatic rings. The van der Waals surface area contributed by atoms with E-state index in [9.17, 15) is 0 Å². The number of aryl methyl sites for hydroxylation is 1. The van der Waals surface area contributed by atoms with E-state index < -0.39 is 0 Å². The van der Waals surface area contributed by atoms with Gasteiger partial charge in [-0.05, 0) is 38.0 Å². The average molecular weight is 233 g/mol. The number of rotatable bonds is 4. The van der Waals surface area contributed by atoms with Crippen molar-refractivity contribution < 1.29 is 4.42 Å². The molecular formula is C13H15NOS. The van der Waals surface area contributed by atoms with E-state index in [1.165, 1.54) is 23.3 Å². The van der Waals surface area contributed by atoms with Gasteiger partial charge in [-0.25, -0.2) is 0 Å². The molecule has 16 heavy (non-hydrogen) atoms. The van der Waals surface area contributed by atoms with Crippen LogP contribution in [-0.2, 0) is 6.54 Å². The Balaban J connectivity index is 1.71. The summed E-state index contributed by atoms with van der Waals surface area (Å²) < 4.78 is 5.81. The Morgan fingerprint density at radius 1 is 1.44 bits per heavy atom. The van der Waals surface area contributed by atoms with Crippen molar-refractivity contribution in [2.24, 2.45) is 0 Å². The van der Waals surface area contributed by atoms with E-state index in [2.05, 4.69) is 35.8 Å². The summed E-state index contributed by atoms with van der Waals surface area (Å²) in [5.74, 6) is 2.02. The molecule has 1 aliphatic carbocycles. The zero-order valence-corrected chi connectivity index (χ0v) is 10.1. The van der Waals surface area contributed by atoms with Gasteiger partial charge < -0.3 is 9.73 Å². The monoisotopic (exact) mass is 233 g/mol. The van der Waals surface area contributed by atoms with Gasteiger partial charge in [0.15, 0.2) is 0 Å². The normalized spacial score (nSPS) is 15.6. The maximum Gasteiger partial charge on any atom is 0.135 e. The molecule has 2 heterocycles. The van der Waals surface area contributed by atoms with Crippen LogP contribution in [0.15, 0.2) is 28.0 Å². The minimum absolute atomic E-state index is 0.733. The van der Waals surface area contributed by atoms with E-state index in [-0.39, 0.29) is 0 Å². The molecule has 0 unspecified atom stereocenters. The highest BCUT2D eigenvalue weighted by Gasteiger charge is 2.20. The minimum atomic E-state index is 0.733. The molecule has 0 spiro atoms. The Morgan fingerprint density at radius 3 is 3.00 bits per heavy atom. The van der Waals surface area contributed by atoms with E-state index in [0.717, 1.165) is 24.1 Å². The van der Waals surface area contributed by atoms with Crippen LogP contribution >= 0.6 is 11.3 Å². The minimum Gasteiger partial charge on any atom is -0.460 e. The first-order valence-corrected chi connectivity index (χ1v) is 6.57. The molecule has 2 aromatic heterocycles. The van der Waals surface area contributed by atoms with Crippen molar-refractivity contribution >= 4 is 11.3 Å². The zero-order valence-electron chi connectivity index (χ0n) is 9.32. The summed E-state index contributed by atoms with van der Waals surface area (Å²) in [6, 6.07) is 7.03. The van der Waals surface area contributed by atoms with Crippen LogP contribution in [0.4, 0.5) is 0 Å². The van der Waals surface area contributed by atoms with E-state index in [0.29, 0.717) is 0 Å². The summed E-state index contributed by atoms with van der Waals surface area (Å²) in [4.78, 5) is 1.32. The van der Waals surface area contributed by atoms with Crippen molar-refractivity contribution in [2.45, 2.75) is 32.4 Å². The van der Waals surface area contributed by atoms with E-state index in [4.69, 9.17) is 4.42 Å². The van der Waals surface area contributed by atoms with Crippen molar-refractivity contribution in [2.75, 3.05) is 0 Å². The summed E-state index contributed by atoms with van der Waals surface area (Å²) in [7, 11) is 0. The number of nitrogens with one attached hydrogen (secondary N) is 1. The molecule has 2 nitrogen and oxygen atoms in total. The molecule has 0 atom stereocenters. The molecule has 1 N–H and O–H groups in total. The highest BCUT2D eigenvalue weighted by atomic mass is 32.1. The number of hydrogen-bond donors (Lipinski definition) is 1. The second-order valence-electron chi connectivity index (χ2n) is 4.37. The molecule has 0 amide bonds. The Kier molecular flexibility index (Phi) is 2.58. The molecule has 0 bridgehead atoms. The first kappa shape index (κ1) is 10.1. The van der Waals surface area contributed by atoms with Crippen LogP contribution in [0.2, 0.25) is 0 Å². The van der Waals surface area contributed by atoms with Crippen molar-refractivity contribution in [3.8, 4) is 11.3 Å². The van der Waals surface area contributed by atoms with Crippen LogP contribution in [0.5, 0.6) is 0 Å². The Labute approximate surface area is 99.3 Å². The molecule has 0 aliphatic heterocycles. The molecule has 2 aromatic rings. The summed E-state index contributed by atoms with van der Waals surface area (Å²) in [5, 5.41) is 5.60. The quantitative estimate of drug-likeness (QED) is 0.873. The van der Waals surface area contributed by atoms with Gasteiger partial charge in [-0.15, -0.1) is 11.3 Å². The summed E-state index contributed by atoms with van der Waals surface area (Å²) in [6.45, 7) is 2.97. The van der Waals surface area contributed by atoms with Gasteiger partial charge in [-0.2, -0.15) is 0 Å². The lowest BCUT2D eigenvalue weighted by molar-refractivity contribution is 0.492. The van der Waals surface area contributed by atoms with Crippen LogP contribution < -0.4 is 5.32 Å². The van der Waals surface area contributed by atoms with Crippen LogP contribution in [0.1, 0.15) is 23.5 Å². The SMILES string of the molecule is Cc1cc(-c2ccc(CNC3CC3)o2)cs1. The predicted molar refractivity (Wildman–Crippen MR) is 66.6 cm³/mol. The predicted octanol–water partition coefficient (Wildman–Crippen LogP) is 3.57. The highest BCUT2D eigenvalue weighted by Crippen LogP contribution is 2.27. The van der Waals surface area contributed by atoms with Crippen LogP contribution in [0, 0.1) is 6.92 Å². The van der Waals surface area contributed by atoms with Gasteiger partial charge >= 0.3 is 0 Å². The van der Waals surface area contributed by atoms with Gasteiger partial charge in [0, 0.05) is 21.9 Å². The van der Waals surface area contributed by atoms with Crippen LogP contribution in [0.3, 0.4) is 0 Å². The van der Waals surface area contributed by atoms with Crippen molar-refractivity contribution in [3.05, 3.63) is 34.2 Å². The van der Waals surface area contributed by atoms with Crippen LogP contribution in [0.25, 0.3) is 11.3 Å². The third kappa shape index (κ3) is 2.20. The molecule has 0 radical (unpaired) electrons. The molecule has 84 valence electrons. The van der Waals surface area contributed by atoms with Gasteiger partial charge in [0.1, 0.15) is 11.5 Å². The van der Waals surface area contributed by atoms with Crippen LogP contribution in [-0.4, -0.2) is 6.04 Å². The Morgan fingerprint density at radius 2 is 2.31 bits per heavy atom. The Hall–Kier alpha value is -1.06. The van der Waals surface area contributed by atoms with E-state index in [1.54, 1.807) is 11.3 Å². The maximum atomic E-state index is 5.81. The maximum absolute atomic E-state index is 5.81. The topological polar surface area (TPSA) is 25.2 Å². The fraction of sp³-hybridized carbons (Fsp3) is 0.385. The van der Waals surface area contributed by atoms with Crippen molar-refractivity contribution in [1.82, 2.24) is 5.32 Å². The van der Waals surface area contributed by atoms with Gasteiger partial charge in [0.25, 0.3) is 0 Å². The molecule has 1 fully saturated rings. The summed E-state index contributed by atoms with van der Waals surface area (Å²) in [5.41, 5.74) is 1.19. The van der Waals surface area contributed by atoms with Gasteiger partial charge in [0.2, 0.25) is 0 Å². The number of furan rings is 1. The van der Waals surface area contributed by atoms with Crippen molar-refractivity contribution in [1.29, 1.82) is 0 Å². The Bertz CT molecular complexity index is 482. The first-order chi connectivity index (χ1) is 7.81. The third-order valence-electron chi connectivity index (χ3n) is 2.82. The zero-order chi connectivity index (χ0) is 11.0. The average Bonchev–Trinajstić information content (AvgIpc) is 2.81. The molecular weight excluding hydrogens is 218 g/mol.